The molecule has 0 saturated carbocycles. The van der Waals surface area contributed by atoms with Crippen LogP contribution in [0.4, 0.5) is 0 Å². The summed E-state index contributed by atoms with van der Waals surface area (Å²) in [6, 6.07) is 1.84. The van der Waals surface area contributed by atoms with E-state index in [1.807, 2.05) is 23.4 Å². The van der Waals surface area contributed by atoms with Crippen molar-refractivity contribution >= 4 is 21.6 Å². The molecule has 0 amide bonds. The minimum absolute atomic E-state index is 0.0957. The van der Waals surface area contributed by atoms with Crippen molar-refractivity contribution in [1.82, 2.24) is 14.9 Å². The molecule has 0 aliphatic heterocycles. The number of aliphatic hydroxyl groups is 1. The van der Waals surface area contributed by atoms with Gasteiger partial charge in [0, 0.05) is 6.54 Å². The first-order valence-corrected chi connectivity index (χ1v) is 6.60. The SMILES string of the molecule is CN(Cc1nc2ccsc2c(=O)[nH]1)CC(C)(C)O. The zero-order valence-corrected chi connectivity index (χ0v) is 11.5. The molecule has 0 unspecified atom stereocenters. The average molecular weight is 267 g/mol. The van der Waals surface area contributed by atoms with Crippen LogP contribution in [0.3, 0.4) is 0 Å². The second-order valence-electron chi connectivity index (χ2n) is 5.13. The molecule has 0 bridgehead atoms. The summed E-state index contributed by atoms with van der Waals surface area (Å²) in [6.45, 7) is 4.52. The molecule has 2 aromatic rings. The second-order valence-corrected chi connectivity index (χ2v) is 6.05. The molecule has 6 heteroatoms. The molecule has 2 aromatic heterocycles. The predicted molar refractivity (Wildman–Crippen MR) is 72.9 cm³/mol. The molecule has 0 fully saturated rings. The highest BCUT2D eigenvalue weighted by molar-refractivity contribution is 7.17. The van der Waals surface area contributed by atoms with Crippen molar-refractivity contribution in [3.8, 4) is 0 Å². The van der Waals surface area contributed by atoms with E-state index in [1.165, 1.54) is 11.3 Å². The number of hydrogen-bond acceptors (Lipinski definition) is 5. The van der Waals surface area contributed by atoms with Crippen LogP contribution in [0.15, 0.2) is 16.2 Å². The third-order valence-corrected chi connectivity index (χ3v) is 3.34. The Balaban J connectivity index is 2.19. The Morgan fingerprint density at radius 1 is 1.56 bits per heavy atom. The molecule has 0 saturated heterocycles. The maximum absolute atomic E-state index is 11.8. The molecule has 2 rings (SSSR count). The Morgan fingerprint density at radius 3 is 2.94 bits per heavy atom. The minimum Gasteiger partial charge on any atom is -0.389 e. The zero-order chi connectivity index (χ0) is 13.3. The van der Waals surface area contributed by atoms with Crippen molar-refractivity contribution in [3.63, 3.8) is 0 Å². The van der Waals surface area contributed by atoms with Gasteiger partial charge in [-0.1, -0.05) is 0 Å². The van der Waals surface area contributed by atoms with Crippen LogP contribution >= 0.6 is 11.3 Å². The number of nitrogens with zero attached hydrogens (tertiary/aromatic N) is 2. The van der Waals surface area contributed by atoms with Gasteiger partial charge in [0.05, 0.1) is 17.7 Å². The van der Waals surface area contributed by atoms with Gasteiger partial charge >= 0.3 is 0 Å². The number of aromatic amines is 1. The van der Waals surface area contributed by atoms with E-state index >= 15 is 0 Å². The van der Waals surface area contributed by atoms with Crippen molar-refractivity contribution in [2.45, 2.75) is 26.0 Å². The molecule has 0 aliphatic rings. The van der Waals surface area contributed by atoms with Crippen molar-refractivity contribution in [3.05, 3.63) is 27.6 Å². The number of thiophene rings is 1. The molecule has 0 radical (unpaired) electrons. The van der Waals surface area contributed by atoms with Gasteiger partial charge in [-0.25, -0.2) is 4.98 Å². The topological polar surface area (TPSA) is 69.2 Å². The standard InChI is InChI=1S/C12H17N3O2S/c1-12(2,17)7-15(3)6-9-13-8-4-5-18-10(8)11(16)14-9/h4-5,17H,6-7H2,1-3H3,(H,13,14,16). The van der Waals surface area contributed by atoms with Crippen LogP contribution in [-0.4, -0.2) is 39.2 Å². The fourth-order valence-electron chi connectivity index (χ4n) is 1.97. The smallest absolute Gasteiger partial charge is 0.268 e. The van der Waals surface area contributed by atoms with Gasteiger partial charge in [-0.05, 0) is 32.3 Å². The van der Waals surface area contributed by atoms with Crippen molar-refractivity contribution in [2.24, 2.45) is 0 Å². The molecule has 98 valence electrons. The number of fused-ring (bicyclic) bond motifs is 1. The molecule has 0 aromatic carbocycles. The van der Waals surface area contributed by atoms with Crippen LogP contribution in [-0.2, 0) is 6.54 Å². The number of H-pyrrole nitrogens is 1. The number of nitrogens with one attached hydrogen (secondary N) is 1. The van der Waals surface area contributed by atoms with E-state index in [4.69, 9.17) is 0 Å². The van der Waals surface area contributed by atoms with Crippen molar-refractivity contribution in [2.75, 3.05) is 13.6 Å². The number of hydrogen-bond donors (Lipinski definition) is 2. The zero-order valence-electron chi connectivity index (χ0n) is 10.7. The summed E-state index contributed by atoms with van der Waals surface area (Å²) in [4.78, 5) is 20.9. The summed E-state index contributed by atoms with van der Waals surface area (Å²) in [5, 5.41) is 11.6. The van der Waals surface area contributed by atoms with E-state index in [9.17, 15) is 9.90 Å². The van der Waals surface area contributed by atoms with E-state index in [0.717, 1.165) is 5.52 Å². The maximum atomic E-state index is 11.8. The molecule has 0 aliphatic carbocycles. The van der Waals surface area contributed by atoms with Gasteiger partial charge in [-0.3, -0.25) is 9.69 Å². The fourth-order valence-corrected chi connectivity index (χ4v) is 2.69. The Bertz CT molecular complexity index is 597. The summed E-state index contributed by atoms with van der Waals surface area (Å²) < 4.78 is 0.656. The molecule has 0 atom stereocenters. The molecule has 2 N–H and O–H groups in total. The molecule has 2 heterocycles. The van der Waals surface area contributed by atoms with Crippen LogP contribution in [0.1, 0.15) is 19.7 Å². The molecule has 18 heavy (non-hydrogen) atoms. The van der Waals surface area contributed by atoms with Crippen LogP contribution in [0.5, 0.6) is 0 Å². The van der Waals surface area contributed by atoms with Gasteiger partial charge in [0.15, 0.2) is 0 Å². The Morgan fingerprint density at radius 2 is 2.28 bits per heavy atom. The highest BCUT2D eigenvalue weighted by atomic mass is 32.1. The van der Waals surface area contributed by atoms with Gasteiger partial charge in [0.1, 0.15) is 10.5 Å². The Labute approximate surface area is 109 Å². The molecular weight excluding hydrogens is 250 g/mol. The third kappa shape index (κ3) is 3.16. The first kappa shape index (κ1) is 13.2. The van der Waals surface area contributed by atoms with Crippen molar-refractivity contribution in [1.29, 1.82) is 0 Å². The summed E-state index contributed by atoms with van der Waals surface area (Å²) in [5.74, 6) is 0.623. The van der Waals surface area contributed by atoms with Crippen LogP contribution in [0.2, 0.25) is 0 Å². The lowest BCUT2D eigenvalue weighted by Gasteiger charge is -2.24. The monoisotopic (exact) mass is 267 g/mol. The predicted octanol–water partition coefficient (Wildman–Crippen LogP) is 1.19. The second kappa shape index (κ2) is 4.79. The van der Waals surface area contributed by atoms with E-state index < -0.39 is 5.60 Å². The minimum atomic E-state index is -0.762. The van der Waals surface area contributed by atoms with Gasteiger partial charge < -0.3 is 10.1 Å². The quantitative estimate of drug-likeness (QED) is 0.873. The van der Waals surface area contributed by atoms with E-state index in [-0.39, 0.29) is 5.56 Å². The van der Waals surface area contributed by atoms with Gasteiger partial charge in [-0.2, -0.15) is 0 Å². The summed E-state index contributed by atoms with van der Waals surface area (Å²) in [6.07, 6.45) is 0. The highest BCUT2D eigenvalue weighted by Gasteiger charge is 2.16. The van der Waals surface area contributed by atoms with Gasteiger partial charge in [-0.15, -0.1) is 11.3 Å². The lowest BCUT2D eigenvalue weighted by atomic mass is 10.1. The van der Waals surface area contributed by atoms with Gasteiger partial charge in [0.25, 0.3) is 5.56 Å². The first-order valence-electron chi connectivity index (χ1n) is 5.72. The van der Waals surface area contributed by atoms with Gasteiger partial charge in [0.2, 0.25) is 0 Å². The third-order valence-electron chi connectivity index (χ3n) is 2.44. The summed E-state index contributed by atoms with van der Waals surface area (Å²) >= 11 is 1.39. The normalized spacial score (nSPS) is 12.5. The van der Waals surface area contributed by atoms with Crippen LogP contribution in [0.25, 0.3) is 10.2 Å². The fraction of sp³-hybridized carbons (Fsp3) is 0.500. The molecule has 0 spiro atoms. The Hall–Kier alpha value is -1.24. The largest absolute Gasteiger partial charge is 0.389 e. The number of rotatable bonds is 4. The first-order chi connectivity index (χ1) is 8.35. The summed E-state index contributed by atoms with van der Waals surface area (Å²) in [5.41, 5.74) is -0.126. The van der Waals surface area contributed by atoms with E-state index in [0.29, 0.717) is 23.6 Å². The number of aromatic nitrogens is 2. The van der Waals surface area contributed by atoms with Crippen LogP contribution < -0.4 is 5.56 Å². The summed E-state index contributed by atoms with van der Waals surface area (Å²) in [7, 11) is 1.88. The highest BCUT2D eigenvalue weighted by Crippen LogP contribution is 2.14. The molecular formula is C12H17N3O2S. The van der Waals surface area contributed by atoms with E-state index in [1.54, 1.807) is 13.8 Å². The van der Waals surface area contributed by atoms with Crippen LogP contribution in [0, 0.1) is 0 Å². The lowest BCUT2D eigenvalue weighted by molar-refractivity contribution is 0.0418. The number of likely N-dealkylation sites (N-methyl/N-ethyl adjacent to an activating group) is 1. The molecule has 5 nitrogen and oxygen atoms in total. The van der Waals surface area contributed by atoms with Crippen molar-refractivity contribution < 1.29 is 5.11 Å². The van der Waals surface area contributed by atoms with E-state index in [2.05, 4.69) is 9.97 Å². The Kier molecular flexibility index (Phi) is 3.52. The average Bonchev–Trinajstić information content (AvgIpc) is 2.62. The maximum Gasteiger partial charge on any atom is 0.268 e. The lowest BCUT2D eigenvalue weighted by Crippen LogP contribution is -2.36.